The first kappa shape index (κ1) is 12.6. The van der Waals surface area contributed by atoms with Crippen LogP contribution in [0.5, 0.6) is 0 Å². The zero-order valence-corrected chi connectivity index (χ0v) is 10.3. The summed E-state index contributed by atoms with van der Waals surface area (Å²) in [5.74, 6) is 0. The number of ether oxygens (including phenoxy) is 1. The van der Waals surface area contributed by atoms with Gasteiger partial charge in [0, 0.05) is 19.2 Å². The minimum absolute atomic E-state index is 0.153. The van der Waals surface area contributed by atoms with E-state index in [1.807, 2.05) is 18.2 Å². The average Bonchev–Trinajstić information content (AvgIpc) is 2.33. The van der Waals surface area contributed by atoms with E-state index in [2.05, 4.69) is 17.4 Å². The number of hydrogen-bond acceptors (Lipinski definition) is 3. The molecule has 1 atom stereocenters. The van der Waals surface area contributed by atoms with Gasteiger partial charge in [0.25, 0.3) is 0 Å². The SMILES string of the molecule is COC1CC(NC(CO)Cc2ccccc2)C1. The van der Waals surface area contributed by atoms with Gasteiger partial charge in [-0.1, -0.05) is 30.3 Å². The molecular weight excluding hydrogens is 214 g/mol. The number of aliphatic hydroxyl groups is 1. The molecule has 1 unspecified atom stereocenters. The van der Waals surface area contributed by atoms with Crippen molar-refractivity contribution in [2.75, 3.05) is 13.7 Å². The zero-order chi connectivity index (χ0) is 12.1. The Morgan fingerprint density at radius 1 is 1.35 bits per heavy atom. The minimum atomic E-state index is 0.153. The number of aliphatic hydroxyl groups excluding tert-OH is 1. The Bertz CT molecular complexity index is 322. The fraction of sp³-hybridized carbons (Fsp3) is 0.571. The molecule has 0 amide bonds. The summed E-state index contributed by atoms with van der Waals surface area (Å²) in [5, 5.41) is 12.9. The Hall–Kier alpha value is -0.900. The van der Waals surface area contributed by atoms with E-state index in [0.29, 0.717) is 12.1 Å². The molecule has 2 rings (SSSR count). The van der Waals surface area contributed by atoms with Crippen molar-refractivity contribution >= 4 is 0 Å². The monoisotopic (exact) mass is 235 g/mol. The van der Waals surface area contributed by atoms with Gasteiger partial charge in [-0.2, -0.15) is 0 Å². The molecule has 1 aliphatic rings. The zero-order valence-electron chi connectivity index (χ0n) is 10.3. The van der Waals surface area contributed by atoms with Crippen molar-refractivity contribution in [2.45, 2.75) is 37.5 Å². The highest BCUT2D eigenvalue weighted by Crippen LogP contribution is 2.23. The van der Waals surface area contributed by atoms with Crippen LogP contribution in [0, 0.1) is 0 Å². The van der Waals surface area contributed by atoms with E-state index in [0.717, 1.165) is 19.3 Å². The van der Waals surface area contributed by atoms with E-state index in [1.54, 1.807) is 7.11 Å². The van der Waals surface area contributed by atoms with Gasteiger partial charge in [-0.25, -0.2) is 0 Å². The molecule has 0 bridgehead atoms. The van der Waals surface area contributed by atoms with Crippen LogP contribution < -0.4 is 5.32 Å². The van der Waals surface area contributed by atoms with Gasteiger partial charge in [0.2, 0.25) is 0 Å². The minimum Gasteiger partial charge on any atom is -0.395 e. The Labute approximate surface area is 103 Å². The van der Waals surface area contributed by atoms with Gasteiger partial charge < -0.3 is 15.2 Å². The van der Waals surface area contributed by atoms with E-state index in [1.165, 1.54) is 5.56 Å². The summed E-state index contributed by atoms with van der Waals surface area (Å²) in [5.41, 5.74) is 1.27. The van der Waals surface area contributed by atoms with Gasteiger partial charge in [-0.15, -0.1) is 0 Å². The second-order valence-electron chi connectivity index (χ2n) is 4.76. The molecule has 3 nitrogen and oxygen atoms in total. The Morgan fingerprint density at radius 3 is 2.65 bits per heavy atom. The average molecular weight is 235 g/mol. The number of nitrogens with one attached hydrogen (secondary N) is 1. The predicted molar refractivity (Wildman–Crippen MR) is 68.0 cm³/mol. The first-order chi connectivity index (χ1) is 8.31. The lowest BCUT2D eigenvalue weighted by atomic mass is 9.88. The maximum atomic E-state index is 9.39. The van der Waals surface area contributed by atoms with E-state index >= 15 is 0 Å². The second kappa shape index (κ2) is 6.15. The molecule has 1 fully saturated rings. The van der Waals surface area contributed by atoms with E-state index in [9.17, 15) is 5.11 Å². The first-order valence-corrected chi connectivity index (χ1v) is 6.25. The fourth-order valence-electron chi connectivity index (χ4n) is 2.30. The van der Waals surface area contributed by atoms with Crippen molar-refractivity contribution < 1.29 is 9.84 Å². The van der Waals surface area contributed by atoms with Crippen molar-refractivity contribution in [3.63, 3.8) is 0 Å². The molecule has 2 N–H and O–H groups in total. The molecule has 17 heavy (non-hydrogen) atoms. The molecule has 3 heteroatoms. The molecule has 0 heterocycles. The van der Waals surface area contributed by atoms with Gasteiger partial charge in [0.05, 0.1) is 12.7 Å². The largest absolute Gasteiger partial charge is 0.395 e. The van der Waals surface area contributed by atoms with Gasteiger partial charge >= 0.3 is 0 Å². The van der Waals surface area contributed by atoms with Crippen LogP contribution in [-0.2, 0) is 11.2 Å². The third-order valence-electron chi connectivity index (χ3n) is 3.44. The van der Waals surface area contributed by atoms with Crippen molar-refractivity contribution in [3.8, 4) is 0 Å². The third-order valence-corrected chi connectivity index (χ3v) is 3.44. The molecule has 0 radical (unpaired) electrons. The lowest BCUT2D eigenvalue weighted by Gasteiger charge is -2.37. The molecule has 0 saturated heterocycles. The molecule has 0 spiro atoms. The molecule has 0 aromatic heterocycles. The van der Waals surface area contributed by atoms with Crippen LogP contribution in [0.4, 0.5) is 0 Å². The van der Waals surface area contributed by atoms with Gasteiger partial charge in [-0.3, -0.25) is 0 Å². The van der Waals surface area contributed by atoms with Crippen LogP contribution in [0.3, 0.4) is 0 Å². The number of rotatable bonds is 6. The van der Waals surface area contributed by atoms with Crippen molar-refractivity contribution in [2.24, 2.45) is 0 Å². The molecule has 94 valence electrons. The molecule has 1 aromatic rings. The smallest absolute Gasteiger partial charge is 0.0601 e. The van der Waals surface area contributed by atoms with Crippen molar-refractivity contribution in [3.05, 3.63) is 35.9 Å². The first-order valence-electron chi connectivity index (χ1n) is 6.25. The summed E-state index contributed by atoms with van der Waals surface area (Å²) in [6.07, 6.45) is 3.40. The Morgan fingerprint density at radius 2 is 2.06 bits per heavy atom. The molecule has 1 aliphatic carbocycles. The van der Waals surface area contributed by atoms with Crippen LogP contribution in [0.25, 0.3) is 0 Å². The van der Waals surface area contributed by atoms with Crippen LogP contribution in [0.15, 0.2) is 30.3 Å². The Balaban J connectivity index is 1.78. The second-order valence-corrected chi connectivity index (χ2v) is 4.76. The van der Waals surface area contributed by atoms with Crippen molar-refractivity contribution in [1.29, 1.82) is 0 Å². The predicted octanol–water partition coefficient (Wildman–Crippen LogP) is 1.36. The normalized spacial score (nSPS) is 25.3. The number of benzene rings is 1. The lowest BCUT2D eigenvalue weighted by molar-refractivity contribution is 0.0118. The van der Waals surface area contributed by atoms with E-state index < -0.39 is 0 Å². The van der Waals surface area contributed by atoms with E-state index in [4.69, 9.17) is 4.74 Å². The summed E-state index contributed by atoms with van der Waals surface area (Å²) in [4.78, 5) is 0. The molecule has 1 aromatic carbocycles. The maximum absolute atomic E-state index is 9.39. The third kappa shape index (κ3) is 3.53. The summed E-state index contributed by atoms with van der Waals surface area (Å²) in [7, 11) is 1.76. The van der Waals surface area contributed by atoms with Gasteiger partial charge in [0.15, 0.2) is 0 Å². The number of hydrogen-bond donors (Lipinski definition) is 2. The summed E-state index contributed by atoms with van der Waals surface area (Å²) in [6.45, 7) is 0.184. The highest BCUT2D eigenvalue weighted by Gasteiger charge is 2.30. The van der Waals surface area contributed by atoms with Crippen LogP contribution in [0.1, 0.15) is 18.4 Å². The lowest BCUT2D eigenvalue weighted by Crippen LogP contribution is -2.50. The highest BCUT2D eigenvalue weighted by molar-refractivity contribution is 5.16. The van der Waals surface area contributed by atoms with Crippen molar-refractivity contribution in [1.82, 2.24) is 5.32 Å². The molecule has 1 saturated carbocycles. The quantitative estimate of drug-likeness (QED) is 0.782. The molecule has 0 aliphatic heterocycles. The van der Waals surface area contributed by atoms with E-state index in [-0.39, 0.29) is 12.6 Å². The van der Waals surface area contributed by atoms with Crippen LogP contribution in [0.2, 0.25) is 0 Å². The highest BCUT2D eigenvalue weighted by atomic mass is 16.5. The standard InChI is InChI=1S/C14H21NO2/c1-17-14-8-12(9-14)15-13(10-16)7-11-5-3-2-4-6-11/h2-6,12-16H,7-10H2,1H3. The number of methoxy groups -OCH3 is 1. The van der Waals surface area contributed by atoms with Crippen LogP contribution >= 0.6 is 0 Å². The molecular formula is C14H21NO2. The van der Waals surface area contributed by atoms with Crippen LogP contribution in [-0.4, -0.2) is 37.0 Å². The topological polar surface area (TPSA) is 41.5 Å². The Kier molecular flexibility index (Phi) is 4.54. The van der Waals surface area contributed by atoms with Gasteiger partial charge in [0.1, 0.15) is 0 Å². The fourth-order valence-corrected chi connectivity index (χ4v) is 2.30. The summed E-state index contributed by atoms with van der Waals surface area (Å²) >= 11 is 0. The summed E-state index contributed by atoms with van der Waals surface area (Å²) in [6, 6.07) is 10.9. The summed E-state index contributed by atoms with van der Waals surface area (Å²) < 4.78 is 5.25. The van der Waals surface area contributed by atoms with Gasteiger partial charge in [-0.05, 0) is 24.8 Å². The maximum Gasteiger partial charge on any atom is 0.0601 e.